The van der Waals surface area contributed by atoms with Crippen LogP contribution >= 0.6 is 27.5 Å². The molecule has 0 amide bonds. The second kappa shape index (κ2) is 6.03. The van der Waals surface area contributed by atoms with E-state index in [4.69, 9.17) is 11.6 Å². The van der Waals surface area contributed by atoms with Crippen LogP contribution in [0.2, 0.25) is 0 Å². The molecule has 2 nitrogen and oxygen atoms in total. The summed E-state index contributed by atoms with van der Waals surface area (Å²) in [7, 11) is 0. The van der Waals surface area contributed by atoms with Gasteiger partial charge in [0.1, 0.15) is 5.82 Å². The lowest BCUT2D eigenvalue weighted by Crippen LogP contribution is -2.09. The van der Waals surface area contributed by atoms with Crippen molar-refractivity contribution in [2.45, 2.75) is 5.38 Å². The van der Waals surface area contributed by atoms with E-state index in [9.17, 15) is 0 Å². The number of anilines is 1. The van der Waals surface area contributed by atoms with Crippen molar-refractivity contribution in [1.29, 1.82) is 0 Å². The molecule has 17 heavy (non-hydrogen) atoms. The number of halogens is 2. The number of alkyl halides is 1. The van der Waals surface area contributed by atoms with Crippen LogP contribution in [0.15, 0.2) is 53.1 Å². The third kappa shape index (κ3) is 3.45. The molecule has 0 bridgehead atoms. The van der Waals surface area contributed by atoms with Gasteiger partial charge in [-0.1, -0.05) is 30.3 Å². The number of nitrogens with zero attached hydrogens (tertiary/aromatic N) is 1. The highest BCUT2D eigenvalue weighted by atomic mass is 79.9. The maximum Gasteiger partial charge on any atom is 0.140 e. The lowest BCUT2D eigenvalue weighted by atomic mass is 10.1. The minimum Gasteiger partial charge on any atom is -0.367 e. The number of aromatic nitrogens is 1. The fraction of sp³-hybridized carbons (Fsp3) is 0.154. The van der Waals surface area contributed by atoms with Gasteiger partial charge in [0, 0.05) is 12.7 Å². The molecular weight excluding hydrogens is 300 g/mol. The molecule has 0 aliphatic carbocycles. The molecular formula is C13H12BrClN2. The Kier molecular flexibility index (Phi) is 4.40. The Bertz CT molecular complexity index is 476. The lowest BCUT2D eigenvalue weighted by molar-refractivity contribution is 0.965. The summed E-state index contributed by atoms with van der Waals surface area (Å²) >= 11 is 9.74. The molecule has 1 unspecified atom stereocenters. The van der Waals surface area contributed by atoms with Gasteiger partial charge in [-0.2, -0.15) is 0 Å². The predicted molar refractivity (Wildman–Crippen MR) is 75.5 cm³/mol. The van der Waals surface area contributed by atoms with Crippen LogP contribution in [0.5, 0.6) is 0 Å². The Balaban J connectivity index is 1.97. The molecule has 1 heterocycles. The number of pyridine rings is 1. The third-order valence-electron chi connectivity index (χ3n) is 2.37. The van der Waals surface area contributed by atoms with Crippen molar-refractivity contribution in [3.05, 3.63) is 58.7 Å². The first-order chi connectivity index (χ1) is 8.27. The highest BCUT2D eigenvalue weighted by Crippen LogP contribution is 2.23. The highest BCUT2D eigenvalue weighted by molar-refractivity contribution is 9.10. The van der Waals surface area contributed by atoms with Crippen LogP contribution in [-0.4, -0.2) is 11.5 Å². The average Bonchev–Trinajstić information content (AvgIpc) is 2.38. The largest absolute Gasteiger partial charge is 0.367 e. The van der Waals surface area contributed by atoms with E-state index in [0.29, 0.717) is 6.54 Å². The van der Waals surface area contributed by atoms with E-state index in [1.807, 2.05) is 42.5 Å². The van der Waals surface area contributed by atoms with E-state index in [2.05, 4.69) is 26.2 Å². The molecule has 1 aromatic heterocycles. The molecule has 2 aromatic rings. The second-order valence-electron chi connectivity index (χ2n) is 3.59. The van der Waals surface area contributed by atoms with Gasteiger partial charge in [-0.15, -0.1) is 11.6 Å². The van der Waals surface area contributed by atoms with Crippen molar-refractivity contribution < 1.29 is 0 Å². The van der Waals surface area contributed by atoms with Gasteiger partial charge in [-0.3, -0.25) is 0 Å². The van der Waals surface area contributed by atoms with E-state index in [1.54, 1.807) is 6.20 Å². The predicted octanol–water partition coefficient (Wildman–Crippen LogP) is 4.24. The van der Waals surface area contributed by atoms with Gasteiger partial charge in [-0.05, 0) is 33.6 Å². The van der Waals surface area contributed by atoms with E-state index >= 15 is 0 Å². The van der Waals surface area contributed by atoms with Gasteiger partial charge in [-0.25, -0.2) is 4.98 Å². The Labute approximate surface area is 114 Å². The van der Waals surface area contributed by atoms with Crippen molar-refractivity contribution in [3.8, 4) is 0 Å². The molecule has 0 radical (unpaired) electrons. The first-order valence-corrected chi connectivity index (χ1v) is 6.53. The number of rotatable bonds is 4. The SMILES string of the molecule is ClC(CNc1ncccc1Br)c1ccccc1. The molecule has 4 heteroatoms. The first-order valence-electron chi connectivity index (χ1n) is 5.31. The zero-order chi connectivity index (χ0) is 12.1. The van der Waals surface area contributed by atoms with Crippen molar-refractivity contribution in [1.82, 2.24) is 4.98 Å². The van der Waals surface area contributed by atoms with Gasteiger partial charge < -0.3 is 5.32 Å². The Morgan fingerprint density at radius 3 is 2.65 bits per heavy atom. The first kappa shape index (κ1) is 12.4. The summed E-state index contributed by atoms with van der Waals surface area (Å²) in [6.45, 7) is 0.640. The highest BCUT2D eigenvalue weighted by Gasteiger charge is 2.08. The summed E-state index contributed by atoms with van der Waals surface area (Å²) < 4.78 is 0.942. The molecule has 0 saturated heterocycles. The van der Waals surface area contributed by atoms with E-state index in [1.165, 1.54) is 0 Å². The average molecular weight is 312 g/mol. The summed E-state index contributed by atoms with van der Waals surface area (Å²) in [6.07, 6.45) is 1.75. The summed E-state index contributed by atoms with van der Waals surface area (Å²) in [5, 5.41) is 3.16. The minimum atomic E-state index is -0.0647. The molecule has 1 atom stereocenters. The van der Waals surface area contributed by atoms with E-state index < -0.39 is 0 Å². The minimum absolute atomic E-state index is 0.0647. The van der Waals surface area contributed by atoms with Crippen molar-refractivity contribution in [2.75, 3.05) is 11.9 Å². The van der Waals surface area contributed by atoms with Crippen LogP contribution in [0.1, 0.15) is 10.9 Å². The molecule has 0 aliphatic heterocycles. The molecule has 1 aromatic carbocycles. The van der Waals surface area contributed by atoms with Crippen LogP contribution in [0.3, 0.4) is 0 Å². The molecule has 0 fully saturated rings. The Morgan fingerprint density at radius 2 is 1.94 bits per heavy atom. The van der Waals surface area contributed by atoms with E-state index in [-0.39, 0.29) is 5.38 Å². The zero-order valence-corrected chi connectivity index (χ0v) is 11.4. The fourth-order valence-electron chi connectivity index (χ4n) is 1.48. The molecule has 88 valence electrons. The quantitative estimate of drug-likeness (QED) is 0.854. The van der Waals surface area contributed by atoms with Gasteiger partial charge in [0.15, 0.2) is 0 Å². The van der Waals surface area contributed by atoms with Crippen molar-refractivity contribution in [3.63, 3.8) is 0 Å². The Hall–Kier alpha value is -1.06. The van der Waals surface area contributed by atoms with Crippen molar-refractivity contribution in [2.24, 2.45) is 0 Å². The topological polar surface area (TPSA) is 24.9 Å². The zero-order valence-electron chi connectivity index (χ0n) is 9.11. The van der Waals surface area contributed by atoms with Gasteiger partial charge in [0.25, 0.3) is 0 Å². The molecule has 0 saturated carbocycles. The van der Waals surface area contributed by atoms with Crippen LogP contribution in [-0.2, 0) is 0 Å². The van der Waals surface area contributed by atoms with Crippen LogP contribution in [0, 0.1) is 0 Å². The molecule has 0 spiro atoms. The molecule has 2 rings (SSSR count). The third-order valence-corrected chi connectivity index (χ3v) is 3.41. The number of hydrogen-bond acceptors (Lipinski definition) is 2. The lowest BCUT2D eigenvalue weighted by Gasteiger charge is -2.12. The van der Waals surface area contributed by atoms with Crippen molar-refractivity contribution >= 4 is 33.3 Å². The normalized spacial score (nSPS) is 12.1. The second-order valence-corrected chi connectivity index (χ2v) is 4.97. The summed E-state index contributed by atoms with van der Waals surface area (Å²) in [5.74, 6) is 0.814. The summed E-state index contributed by atoms with van der Waals surface area (Å²) in [4.78, 5) is 4.23. The smallest absolute Gasteiger partial charge is 0.140 e. The van der Waals surface area contributed by atoms with Gasteiger partial charge in [0.2, 0.25) is 0 Å². The van der Waals surface area contributed by atoms with Gasteiger partial charge in [0.05, 0.1) is 9.85 Å². The summed E-state index contributed by atoms with van der Waals surface area (Å²) in [6, 6.07) is 13.8. The molecule has 1 N–H and O–H groups in total. The standard InChI is InChI=1S/C13H12BrClN2/c14-11-7-4-8-16-13(11)17-9-12(15)10-5-2-1-3-6-10/h1-8,12H,9H2,(H,16,17). The Morgan fingerprint density at radius 1 is 1.18 bits per heavy atom. The van der Waals surface area contributed by atoms with Gasteiger partial charge >= 0.3 is 0 Å². The number of nitrogens with one attached hydrogen (secondary N) is 1. The summed E-state index contributed by atoms with van der Waals surface area (Å²) in [5.41, 5.74) is 1.11. The van der Waals surface area contributed by atoms with Crippen LogP contribution in [0.25, 0.3) is 0 Å². The van der Waals surface area contributed by atoms with E-state index in [0.717, 1.165) is 15.9 Å². The maximum absolute atomic E-state index is 6.30. The number of benzene rings is 1. The fourth-order valence-corrected chi connectivity index (χ4v) is 2.10. The van der Waals surface area contributed by atoms with Crippen LogP contribution in [0.4, 0.5) is 5.82 Å². The van der Waals surface area contributed by atoms with Crippen LogP contribution < -0.4 is 5.32 Å². The number of hydrogen-bond donors (Lipinski definition) is 1. The molecule has 0 aliphatic rings. The maximum atomic E-state index is 6.30. The monoisotopic (exact) mass is 310 g/mol.